The van der Waals surface area contributed by atoms with E-state index in [4.69, 9.17) is 0 Å². The fourth-order valence-electron chi connectivity index (χ4n) is 3.02. The molecule has 0 bridgehead atoms. The topological polar surface area (TPSA) is 23.5 Å². The molecule has 2 rings (SSSR count). The normalized spacial score (nSPS) is 27.1. The van der Waals surface area contributed by atoms with Crippen molar-refractivity contribution in [2.24, 2.45) is 11.8 Å². The second kappa shape index (κ2) is 5.75. The summed E-state index contributed by atoms with van der Waals surface area (Å²) in [5.74, 6) is 2.01. The van der Waals surface area contributed by atoms with Crippen molar-refractivity contribution in [3.05, 3.63) is 29.8 Å². The van der Waals surface area contributed by atoms with Gasteiger partial charge in [-0.1, -0.05) is 39.0 Å². The van der Waals surface area contributed by atoms with Gasteiger partial charge < -0.3 is 5.11 Å². The Balaban J connectivity index is 2.17. The van der Waals surface area contributed by atoms with Gasteiger partial charge in [-0.2, -0.15) is 0 Å². The van der Waals surface area contributed by atoms with Crippen molar-refractivity contribution >= 4 is 0 Å². The molecule has 0 saturated carbocycles. The van der Waals surface area contributed by atoms with Crippen molar-refractivity contribution in [2.75, 3.05) is 13.1 Å². The maximum atomic E-state index is 10.0. The summed E-state index contributed by atoms with van der Waals surface area (Å²) in [5.41, 5.74) is 1.08. The van der Waals surface area contributed by atoms with Crippen LogP contribution in [0.5, 0.6) is 5.75 Å². The van der Waals surface area contributed by atoms with Gasteiger partial charge in [0.25, 0.3) is 0 Å². The summed E-state index contributed by atoms with van der Waals surface area (Å²) >= 11 is 0. The highest BCUT2D eigenvalue weighted by atomic mass is 16.3. The number of nitrogens with zero attached hydrogens (tertiary/aromatic N) is 1. The molecule has 100 valence electrons. The summed E-state index contributed by atoms with van der Waals surface area (Å²) < 4.78 is 0. The third-order valence-electron chi connectivity index (χ3n) is 4.49. The monoisotopic (exact) mass is 247 g/mol. The van der Waals surface area contributed by atoms with Gasteiger partial charge in [0, 0.05) is 18.2 Å². The van der Waals surface area contributed by atoms with Crippen LogP contribution in [0.2, 0.25) is 0 Å². The Hall–Kier alpha value is -1.02. The first-order valence-corrected chi connectivity index (χ1v) is 7.15. The van der Waals surface area contributed by atoms with Crippen LogP contribution in [0.4, 0.5) is 0 Å². The molecule has 1 aromatic rings. The number of phenolic OH excluding ortho intramolecular Hbond substituents is 1. The first-order chi connectivity index (χ1) is 8.63. The first kappa shape index (κ1) is 13.4. The van der Waals surface area contributed by atoms with Crippen LogP contribution in [0.1, 0.15) is 45.2 Å². The smallest absolute Gasteiger partial charge is 0.120 e. The maximum absolute atomic E-state index is 10.0. The number of rotatable bonds is 3. The Kier molecular flexibility index (Phi) is 4.28. The highest BCUT2D eigenvalue weighted by Gasteiger charge is 2.28. The molecule has 0 spiro atoms. The number of likely N-dealkylation sites (tertiary alicyclic amines) is 1. The van der Waals surface area contributed by atoms with Gasteiger partial charge in [-0.3, -0.25) is 4.90 Å². The Labute approximate surface area is 111 Å². The molecule has 2 nitrogen and oxygen atoms in total. The fourth-order valence-corrected chi connectivity index (χ4v) is 3.02. The van der Waals surface area contributed by atoms with Crippen LogP contribution in [0.15, 0.2) is 24.3 Å². The molecule has 2 heteroatoms. The molecule has 1 N–H and O–H groups in total. The number of aromatic hydroxyl groups is 1. The quantitative estimate of drug-likeness (QED) is 0.877. The van der Waals surface area contributed by atoms with Gasteiger partial charge in [0.1, 0.15) is 5.75 Å². The predicted molar refractivity (Wildman–Crippen MR) is 75.7 cm³/mol. The second-order valence-electron chi connectivity index (χ2n) is 5.72. The van der Waals surface area contributed by atoms with E-state index < -0.39 is 0 Å². The molecule has 1 aliphatic rings. The van der Waals surface area contributed by atoms with Gasteiger partial charge in [-0.15, -0.1) is 0 Å². The van der Waals surface area contributed by atoms with E-state index in [1.165, 1.54) is 6.42 Å². The van der Waals surface area contributed by atoms with Crippen LogP contribution in [0.3, 0.4) is 0 Å². The van der Waals surface area contributed by atoms with Crippen LogP contribution in [-0.2, 0) is 0 Å². The zero-order valence-corrected chi connectivity index (χ0v) is 11.8. The van der Waals surface area contributed by atoms with E-state index in [-0.39, 0.29) is 0 Å². The van der Waals surface area contributed by atoms with Gasteiger partial charge in [0.15, 0.2) is 0 Å². The third-order valence-corrected chi connectivity index (χ3v) is 4.49. The van der Waals surface area contributed by atoms with E-state index in [1.807, 2.05) is 12.1 Å². The molecule has 0 radical (unpaired) electrons. The number of phenols is 1. The van der Waals surface area contributed by atoms with Crippen molar-refractivity contribution in [1.29, 1.82) is 0 Å². The SMILES string of the molecule is CCC(c1ccccc1O)N1CCC(C)C(C)C1. The van der Waals surface area contributed by atoms with Crippen molar-refractivity contribution in [1.82, 2.24) is 4.90 Å². The zero-order chi connectivity index (χ0) is 13.1. The molecule has 0 aromatic heterocycles. The molecule has 3 atom stereocenters. The van der Waals surface area contributed by atoms with Crippen molar-refractivity contribution in [3.63, 3.8) is 0 Å². The van der Waals surface area contributed by atoms with Gasteiger partial charge in [-0.25, -0.2) is 0 Å². The molecule has 18 heavy (non-hydrogen) atoms. The predicted octanol–water partition coefficient (Wildman–Crippen LogP) is 3.82. The van der Waals surface area contributed by atoms with Crippen molar-refractivity contribution in [2.45, 2.75) is 39.7 Å². The maximum Gasteiger partial charge on any atom is 0.120 e. The average molecular weight is 247 g/mol. The molecule has 3 unspecified atom stereocenters. The average Bonchev–Trinajstić information content (AvgIpc) is 2.37. The van der Waals surface area contributed by atoms with Crippen LogP contribution in [-0.4, -0.2) is 23.1 Å². The molecular weight excluding hydrogens is 222 g/mol. The molecule has 0 amide bonds. The minimum absolute atomic E-state index is 0.362. The molecular formula is C16H25NO. The van der Waals surface area contributed by atoms with E-state index in [9.17, 15) is 5.11 Å². The largest absolute Gasteiger partial charge is 0.508 e. The van der Waals surface area contributed by atoms with E-state index in [0.29, 0.717) is 11.8 Å². The minimum atomic E-state index is 0.362. The minimum Gasteiger partial charge on any atom is -0.508 e. The summed E-state index contributed by atoms with van der Waals surface area (Å²) in [6, 6.07) is 8.14. The van der Waals surface area contributed by atoms with Crippen molar-refractivity contribution in [3.8, 4) is 5.75 Å². The summed E-state index contributed by atoms with van der Waals surface area (Å²) in [6.45, 7) is 9.20. The summed E-state index contributed by atoms with van der Waals surface area (Å²) in [7, 11) is 0. The Morgan fingerprint density at radius 3 is 2.61 bits per heavy atom. The number of hydrogen-bond donors (Lipinski definition) is 1. The lowest BCUT2D eigenvalue weighted by Crippen LogP contribution is -2.40. The van der Waals surface area contributed by atoms with Crippen LogP contribution < -0.4 is 0 Å². The second-order valence-corrected chi connectivity index (χ2v) is 5.72. The van der Waals surface area contributed by atoms with Crippen LogP contribution in [0, 0.1) is 11.8 Å². The van der Waals surface area contributed by atoms with E-state index in [1.54, 1.807) is 6.07 Å². The molecule has 1 saturated heterocycles. The van der Waals surface area contributed by atoms with E-state index in [0.717, 1.165) is 36.9 Å². The molecule has 1 heterocycles. The third kappa shape index (κ3) is 2.69. The first-order valence-electron chi connectivity index (χ1n) is 7.15. The lowest BCUT2D eigenvalue weighted by Gasteiger charge is -2.40. The van der Waals surface area contributed by atoms with Gasteiger partial charge in [0.05, 0.1) is 0 Å². The molecule has 0 aliphatic carbocycles. The van der Waals surface area contributed by atoms with Gasteiger partial charge >= 0.3 is 0 Å². The number of para-hydroxylation sites is 1. The standard InChI is InChI=1S/C16H25NO/c1-4-15(14-7-5-6-8-16(14)18)17-10-9-12(2)13(3)11-17/h5-8,12-13,15,18H,4,9-11H2,1-3H3. The summed E-state index contributed by atoms with van der Waals surface area (Å²) in [6.07, 6.45) is 2.32. The Morgan fingerprint density at radius 2 is 2.00 bits per heavy atom. The summed E-state index contributed by atoms with van der Waals surface area (Å²) in [4.78, 5) is 2.54. The van der Waals surface area contributed by atoms with E-state index >= 15 is 0 Å². The summed E-state index contributed by atoms with van der Waals surface area (Å²) in [5, 5.41) is 10.0. The Bertz CT molecular complexity index is 390. The van der Waals surface area contributed by atoms with Gasteiger partial charge in [-0.05, 0) is 37.3 Å². The number of hydrogen-bond acceptors (Lipinski definition) is 2. The van der Waals surface area contributed by atoms with Crippen LogP contribution in [0.25, 0.3) is 0 Å². The van der Waals surface area contributed by atoms with Crippen molar-refractivity contribution < 1.29 is 5.11 Å². The molecule has 1 aromatic carbocycles. The Morgan fingerprint density at radius 1 is 1.28 bits per heavy atom. The molecule has 1 aliphatic heterocycles. The highest BCUT2D eigenvalue weighted by molar-refractivity contribution is 5.34. The number of piperidine rings is 1. The highest BCUT2D eigenvalue weighted by Crippen LogP contribution is 2.35. The van der Waals surface area contributed by atoms with Crippen LogP contribution >= 0.6 is 0 Å². The fraction of sp³-hybridized carbons (Fsp3) is 0.625. The number of benzene rings is 1. The lowest BCUT2D eigenvalue weighted by atomic mass is 9.87. The van der Waals surface area contributed by atoms with E-state index in [2.05, 4.69) is 31.7 Å². The zero-order valence-electron chi connectivity index (χ0n) is 11.8. The molecule has 1 fully saturated rings. The van der Waals surface area contributed by atoms with Gasteiger partial charge in [0.2, 0.25) is 0 Å². The lowest BCUT2D eigenvalue weighted by molar-refractivity contribution is 0.0918.